The number of aryl methyl sites for hydroxylation is 1. The number of anilines is 1. The van der Waals surface area contributed by atoms with E-state index < -0.39 is 0 Å². The SMILES string of the molecule is CCc1cc(C(=O)N2CCN(c3c(C#N)cnc4ccccc34)CC2)n[nH]1. The molecule has 136 valence electrons. The van der Waals surface area contributed by atoms with Crippen LogP contribution in [-0.4, -0.2) is 52.2 Å². The summed E-state index contributed by atoms with van der Waals surface area (Å²) in [6.07, 6.45) is 2.45. The minimum Gasteiger partial charge on any atom is -0.366 e. The van der Waals surface area contributed by atoms with E-state index in [0.717, 1.165) is 28.7 Å². The van der Waals surface area contributed by atoms with Crippen LogP contribution in [-0.2, 0) is 6.42 Å². The van der Waals surface area contributed by atoms with Crippen LogP contribution in [0, 0.1) is 11.3 Å². The highest BCUT2D eigenvalue weighted by Crippen LogP contribution is 2.30. The molecular weight excluding hydrogens is 340 g/mol. The molecule has 0 atom stereocenters. The highest BCUT2D eigenvalue weighted by atomic mass is 16.2. The number of benzene rings is 1. The number of amides is 1. The number of carbonyl (C=O) groups is 1. The van der Waals surface area contributed by atoms with Crippen LogP contribution in [0.4, 0.5) is 5.69 Å². The molecule has 0 bridgehead atoms. The van der Waals surface area contributed by atoms with E-state index >= 15 is 0 Å². The summed E-state index contributed by atoms with van der Waals surface area (Å²) in [6, 6.07) is 11.9. The first-order valence-electron chi connectivity index (χ1n) is 9.07. The normalized spacial score (nSPS) is 14.4. The van der Waals surface area contributed by atoms with Gasteiger partial charge in [-0.3, -0.25) is 14.9 Å². The summed E-state index contributed by atoms with van der Waals surface area (Å²) < 4.78 is 0. The number of aromatic nitrogens is 3. The third-order valence-electron chi connectivity index (χ3n) is 4.98. The molecule has 3 aromatic rings. The van der Waals surface area contributed by atoms with Gasteiger partial charge in [-0.1, -0.05) is 25.1 Å². The van der Waals surface area contributed by atoms with Crippen molar-refractivity contribution < 1.29 is 4.79 Å². The molecule has 1 aliphatic heterocycles. The van der Waals surface area contributed by atoms with Crippen LogP contribution in [0.15, 0.2) is 36.5 Å². The zero-order valence-electron chi connectivity index (χ0n) is 15.1. The molecular formula is C20H20N6O. The van der Waals surface area contributed by atoms with Gasteiger partial charge in [0.2, 0.25) is 0 Å². The molecule has 4 rings (SSSR count). The van der Waals surface area contributed by atoms with Crippen LogP contribution in [0.25, 0.3) is 10.9 Å². The summed E-state index contributed by atoms with van der Waals surface area (Å²) in [5.41, 5.74) is 3.76. The predicted molar refractivity (Wildman–Crippen MR) is 103 cm³/mol. The van der Waals surface area contributed by atoms with E-state index in [0.29, 0.717) is 37.4 Å². The number of fused-ring (bicyclic) bond motifs is 1. The molecule has 1 aromatic carbocycles. The summed E-state index contributed by atoms with van der Waals surface area (Å²) in [5.74, 6) is -0.0503. The zero-order valence-corrected chi connectivity index (χ0v) is 15.1. The van der Waals surface area contributed by atoms with Crippen molar-refractivity contribution in [3.8, 4) is 6.07 Å². The molecule has 1 N–H and O–H groups in total. The van der Waals surface area contributed by atoms with E-state index in [-0.39, 0.29) is 5.91 Å². The fourth-order valence-electron chi connectivity index (χ4n) is 3.50. The minimum absolute atomic E-state index is 0.0503. The molecule has 0 unspecified atom stereocenters. The Balaban J connectivity index is 1.55. The zero-order chi connectivity index (χ0) is 18.8. The maximum Gasteiger partial charge on any atom is 0.274 e. The number of hydrogen-bond donors (Lipinski definition) is 1. The summed E-state index contributed by atoms with van der Waals surface area (Å²) in [4.78, 5) is 21.0. The van der Waals surface area contributed by atoms with Gasteiger partial charge in [0.1, 0.15) is 11.8 Å². The Bertz CT molecular complexity index is 1030. The van der Waals surface area contributed by atoms with Crippen LogP contribution >= 0.6 is 0 Å². The van der Waals surface area contributed by atoms with Crippen molar-refractivity contribution in [3.63, 3.8) is 0 Å². The van der Waals surface area contributed by atoms with Gasteiger partial charge in [0, 0.05) is 43.5 Å². The van der Waals surface area contributed by atoms with Crippen LogP contribution in [0.2, 0.25) is 0 Å². The van der Waals surface area contributed by atoms with Gasteiger partial charge < -0.3 is 9.80 Å². The molecule has 7 heteroatoms. The molecule has 1 fully saturated rings. The second kappa shape index (κ2) is 7.08. The maximum absolute atomic E-state index is 12.7. The molecule has 1 amide bonds. The third kappa shape index (κ3) is 3.10. The van der Waals surface area contributed by atoms with E-state index in [2.05, 4.69) is 26.2 Å². The third-order valence-corrected chi connectivity index (χ3v) is 4.98. The molecule has 7 nitrogen and oxygen atoms in total. The van der Waals surface area contributed by atoms with Gasteiger partial charge in [-0.25, -0.2) is 0 Å². The smallest absolute Gasteiger partial charge is 0.274 e. The van der Waals surface area contributed by atoms with Gasteiger partial charge in [-0.15, -0.1) is 0 Å². The molecule has 0 radical (unpaired) electrons. The molecule has 0 saturated carbocycles. The number of para-hydroxylation sites is 1. The summed E-state index contributed by atoms with van der Waals surface area (Å²) in [6.45, 7) is 4.54. The Morgan fingerprint density at radius 3 is 2.74 bits per heavy atom. The quantitative estimate of drug-likeness (QED) is 0.774. The van der Waals surface area contributed by atoms with Gasteiger partial charge in [0.15, 0.2) is 0 Å². The average Bonchev–Trinajstić information content (AvgIpc) is 3.22. The standard InChI is InChI=1S/C20H20N6O/c1-2-15-11-18(24-23-15)20(27)26-9-7-25(8-10-26)19-14(12-21)13-22-17-6-4-3-5-16(17)19/h3-6,11,13H,2,7-10H2,1H3,(H,23,24). The monoisotopic (exact) mass is 360 g/mol. The van der Waals surface area contributed by atoms with E-state index in [9.17, 15) is 10.1 Å². The van der Waals surface area contributed by atoms with Gasteiger partial charge in [-0.05, 0) is 18.6 Å². The lowest BCUT2D eigenvalue weighted by Crippen LogP contribution is -2.49. The first-order chi connectivity index (χ1) is 13.2. The van der Waals surface area contributed by atoms with Crippen molar-refractivity contribution in [2.75, 3.05) is 31.1 Å². The first-order valence-corrected chi connectivity index (χ1v) is 9.07. The molecule has 0 aliphatic carbocycles. The minimum atomic E-state index is -0.0503. The molecule has 2 aromatic heterocycles. The Kier molecular flexibility index (Phi) is 4.47. The number of aromatic amines is 1. The molecule has 1 saturated heterocycles. The van der Waals surface area contributed by atoms with E-state index in [1.165, 1.54) is 0 Å². The number of nitriles is 1. The van der Waals surface area contributed by atoms with Crippen molar-refractivity contribution in [2.45, 2.75) is 13.3 Å². The Hall–Kier alpha value is -3.40. The van der Waals surface area contributed by atoms with E-state index in [1.807, 2.05) is 42.2 Å². The largest absolute Gasteiger partial charge is 0.366 e. The number of carbonyl (C=O) groups excluding carboxylic acids is 1. The molecule has 3 heterocycles. The van der Waals surface area contributed by atoms with Crippen molar-refractivity contribution in [1.82, 2.24) is 20.1 Å². The highest BCUT2D eigenvalue weighted by molar-refractivity contribution is 5.95. The van der Waals surface area contributed by atoms with Gasteiger partial charge in [0.05, 0.1) is 16.8 Å². The van der Waals surface area contributed by atoms with Gasteiger partial charge in [0.25, 0.3) is 5.91 Å². The van der Waals surface area contributed by atoms with Gasteiger partial charge in [-0.2, -0.15) is 10.4 Å². The first kappa shape index (κ1) is 17.0. The van der Waals surface area contributed by atoms with E-state index in [4.69, 9.17) is 0 Å². The average molecular weight is 360 g/mol. The topological polar surface area (TPSA) is 88.9 Å². The lowest BCUT2D eigenvalue weighted by Gasteiger charge is -2.36. The predicted octanol–water partition coefficient (Wildman–Crippen LogP) is 2.35. The highest BCUT2D eigenvalue weighted by Gasteiger charge is 2.26. The summed E-state index contributed by atoms with van der Waals surface area (Å²) >= 11 is 0. The number of nitrogens with one attached hydrogen (secondary N) is 1. The number of H-pyrrole nitrogens is 1. The van der Waals surface area contributed by atoms with Crippen molar-refractivity contribution in [1.29, 1.82) is 5.26 Å². The number of piperazine rings is 1. The lowest BCUT2D eigenvalue weighted by molar-refractivity contribution is 0.0741. The Labute approximate surface area is 157 Å². The number of rotatable bonds is 3. The van der Waals surface area contributed by atoms with Crippen LogP contribution < -0.4 is 4.90 Å². The number of nitrogens with zero attached hydrogens (tertiary/aromatic N) is 5. The number of pyridine rings is 1. The van der Waals surface area contributed by atoms with Crippen LogP contribution in [0.1, 0.15) is 28.7 Å². The maximum atomic E-state index is 12.7. The lowest BCUT2D eigenvalue weighted by atomic mass is 10.1. The molecule has 0 spiro atoms. The van der Waals surface area contributed by atoms with Crippen LogP contribution in [0.3, 0.4) is 0 Å². The van der Waals surface area contributed by atoms with E-state index in [1.54, 1.807) is 6.20 Å². The Morgan fingerprint density at radius 2 is 2.04 bits per heavy atom. The Morgan fingerprint density at radius 1 is 1.26 bits per heavy atom. The summed E-state index contributed by atoms with van der Waals surface area (Å²) in [5, 5.41) is 17.5. The second-order valence-corrected chi connectivity index (χ2v) is 6.56. The van der Waals surface area contributed by atoms with Crippen molar-refractivity contribution >= 4 is 22.5 Å². The number of hydrogen-bond acceptors (Lipinski definition) is 5. The molecule has 1 aliphatic rings. The van der Waals surface area contributed by atoms with Crippen molar-refractivity contribution in [3.05, 3.63) is 53.5 Å². The van der Waals surface area contributed by atoms with Crippen LogP contribution in [0.5, 0.6) is 0 Å². The fraction of sp³-hybridized carbons (Fsp3) is 0.300. The molecule has 27 heavy (non-hydrogen) atoms. The fourth-order valence-corrected chi connectivity index (χ4v) is 3.50. The van der Waals surface area contributed by atoms with Gasteiger partial charge >= 0.3 is 0 Å². The second-order valence-electron chi connectivity index (χ2n) is 6.56. The summed E-state index contributed by atoms with van der Waals surface area (Å²) in [7, 11) is 0. The van der Waals surface area contributed by atoms with Crippen molar-refractivity contribution in [2.24, 2.45) is 0 Å².